The molecule has 41 heavy (non-hydrogen) atoms. The van der Waals surface area contributed by atoms with Gasteiger partial charge in [0.05, 0.1) is 37.6 Å². The Morgan fingerprint density at radius 2 is 1.32 bits per heavy atom. The van der Waals surface area contributed by atoms with Crippen molar-refractivity contribution in [3.63, 3.8) is 0 Å². The van der Waals surface area contributed by atoms with Crippen molar-refractivity contribution >= 4 is 0 Å². The van der Waals surface area contributed by atoms with E-state index >= 15 is 0 Å². The van der Waals surface area contributed by atoms with Crippen LogP contribution in [0.1, 0.15) is 17.6 Å². The van der Waals surface area contributed by atoms with E-state index in [1.165, 1.54) is 38.0 Å². The van der Waals surface area contributed by atoms with E-state index in [9.17, 15) is 24.3 Å². The standard InChI is InChI=1S/C29H24N6O6/c1-41-24-16-20(36)12-13-22(24)25-21-14-15-30-26(37)32(18-8-4-2-5-9-18)28(39)34(30)23(21)17-31-27(38)33(29(40)35(25)31)19-10-6-3-7-11-19/h2-14,16,23,25,36H,15,17H2,1H3/t23-,25-/m1/s1. The highest BCUT2D eigenvalue weighted by atomic mass is 16.5. The smallest absolute Gasteiger partial charge is 0.352 e. The maximum absolute atomic E-state index is 14.0. The molecule has 0 spiro atoms. The van der Waals surface area contributed by atoms with E-state index in [4.69, 9.17) is 4.74 Å². The van der Waals surface area contributed by atoms with Gasteiger partial charge in [0.1, 0.15) is 17.5 Å². The number of hydrogen-bond donors (Lipinski definition) is 1. The van der Waals surface area contributed by atoms with Gasteiger partial charge in [-0.25, -0.2) is 47.0 Å². The molecule has 1 N–H and O–H groups in total. The molecular formula is C29H24N6O6. The predicted octanol–water partition coefficient (Wildman–Crippen LogP) is 1.41. The lowest BCUT2D eigenvalue weighted by molar-refractivity contribution is 0.243. The van der Waals surface area contributed by atoms with Gasteiger partial charge in [-0.05, 0) is 42.0 Å². The molecule has 12 nitrogen and oxygen atoms in total. The van der Waals surface area contributed by atoms with Crippen LogP contribution in [0.2, 0.25) is 0 Å². The summed E-state index contributed by atoms with van der Waals surface area (Å²) < 4.78 is 13.2. The maximum atomic E-state index is 14.0. The molecule has 2 atom stereocenters. The number of para-hydroxylation sites is 2. The molecule has 206 valence electrons. The average molecular weight is 553 g/mol. The fourth-order valence-electron chi connectivity index (χ4n) is 5.96. The molecule has 0 unspecified atom stereocenters. The number of rotatable bonds is 4. The number of aromatic nitrogens is 6. The van der Waals surface area contributed by atoms with Crippen LogP contribution in [0.4, 0.5) is 0 Å². The predicted molar refractivity (Wildman–Crippen MR) is 148 cm³/mol. The third-order valence-corrected chi connectivity index (χ3v) is 7.75. The van der Waals surface area contributed by atoms with E-state index in [-0.39, 0.29) is 18.8 Å². The quantitative estimate of drug-likeness (QED) is 0.336. The Morgan fingerprint density at radius 3 is 1.93 bits per heavy atom. The number of nitrogens with zero attached hydrogens (tertiary/aromatic N) is 6. The van der Waals surface area contributed by atoms with Crippen molar-refractivity contribution in [3.05, 3.63) is 138 Å². The molecule has 12 heteroatoms. The number of benzene rings is 3. The van der Waals surface area contributed by atoms with Crippen molar-refractivity contribution in [2.75, 3.05) is 7.11 Å². The van der Waals surface area contributed by atoms with Crippen molar-refractivity contribution in [2.45, 2.75) is 25.2 Å². The van der Waals surface area contributed by atoms with Gasteiger partial charge in [0, 0.05) is 11.6 Å². The van der Waals surface area contributed by atoms with Crippen molar-refractivity contribution in [2.24, 2.45) is 0 Å². The minimum atomic E-state index is -0.870. The Kier molecular flexibility index (Phi) is 5.39. The van der Waals surface area contributed by atoms with Crippen molar-refractivity contribution < 1.29 is 9.84 Å². The molecule has 0 amide bonds. The van der Waals surface area contributed by atoms with Crippen molar-refractivity contribution in [3.8, 4) is 22.9 Å². The molecule has 5 aromatic rings. The molecule has 4 heterocycles. The molecule has 0 radical (unpaired) electrons. The summed E-state index contributed by atoms with van der Waals surface area (Å²) in [6.07, 6.45) is 1.82. The first-order valence-electron chi connectivity index (χ1n) is 13.0. The minimum Gasteiger partial charge on any atom is -0.508 e. The molecule has 0 saturated heterocycles. The summed E-state index contributed by atoms with van der Waals surface area (Å²) in [5.74, 6) is 0.263. The summed E-state index contributed by atoms with van der Waals surface area (Å²) in [6.45, 7) is 0.0177. The van der Waals surface area contributed by atoms with E-state index in [2.05, 4.69) is 0 Å². The van der Waals surface area contributed by atoms with Gasteiger partial charge in [0.2, 0.25) is 0 Å². The van der Waals surface area contributed by atoms with E-state index in [1.54, 1.807) is 66.7 Å². The van der Waals surface area contributed by atoms with E-state index in [0.29, 0.717) is 28.3 Å². The van der Waals surface area contributed by atoms with Crippen LogP contribution >= 0.6 is 0 Å². The number of fused-ring (bicyclic) bond motifs is 4. The zero-order valence-electron chi connectivity index (χ0n) is 21.8. The van der Waals surface area contributed by atoms with Crippen LogP contribution in [0.5, 0.6) is 11.5 Å². The summed E-state index contributed by atoms with van der Waals surface area (Å²) in [7, 11) is 1.45. The Bertz CT molecular complexity index is 2090. The molecule has 2 aliphatic rings. The first-order chi connectivity index (χ1) is 19.9. The highest BCUT2D eigenvalue weighted by Gasteiger charge is 2.42. The van der Waals surface area contributed by atoms with Gasteiger partial charge in [-0.2, -0.15) is 0 Å². The lowest BCUT2D eigenvalue weighted by atomic mass is 9.89. The largest absolute Gasteiger partial charge is 0.508 e. The lowest BCUT2D eigenvalue weighted by Gasteiger charge is -2.38. The van der Waals surface area contributed by atoms with Gasteiger partial charge in [0.25, 0.3) is 0 Å². The number of hydrogen-bond acceptors (Lipinski definition) is 6. The third kappa shape index (κ3) is 3.46. The summed E-state index contributed by atoms with van der Waals surface area (Å²) in [5.41, 5.74) is -0.241. The number of allylic oxidation sites excluding steroid dienone is 2. The minimum absolute atomic E-state index is 0.0350. The zero-order valence-corrected chi connectivity index (χ0v) is 21.8. The topological polar surface area (TPSA) is 127 Å². The van der Waals surface area contributed by atoms with Crippen LogP contribution in [-0.2, 0) is 13.1 Å². The Hall–Kier alpha value is -5.52. The first kappa shape index (κ1) is 24.5. The Balaban J connectivity index is 1.52. The number of phenols is 1. The lowest BCUT2D eigenvalue weighted by Crippen LogP contribution is -2.47. The number of aromatic hydroxyl groups is 1. The average Bonchev–Trinajstić information content (AvgIpc) is 3.40. The van der Waals surface area contributed by atoms with Crippen LogP contribution in [0.15, 0.2) is 110 Å². The van der Waals surface area contributed by atoms with Gasteiger partial charge < -0.3 is 9.84 Å². The molecule has 2 aliphatic heterocycles. The Labute approximate surface area is 231 Å². The van der Waals surface area contributed by atoms with Gasteiger partial charge in [-0.15, -0.1) is 0 Å². The second kappa shape index (κ2) is 9.01. The molecule has 2 aromatic heterocycles. The second-order valence-corrected chi connectivity index (χ2v) is 9.87. The third-order valence-electron chi connectivity index (χ3n) is 7.75. The molecular weight excluding hydrogens is 528 g/mol. The summed E-state index contributed by atoms with van der Waals surface area (Å²) in [6, 6.07) is 20.1. The molecule has 0 aliphatic carbocycles. The van der Waals surface area contributed by atoms with Gasteiger partial charge in [-0.1, -0.05) is 42.5 Å². The number of phenolic OH excluding ortho intramolecular Hbond substituents is 1. The SMILES string of the molecule is COc1cc(O)ccc1[C@H]1C2=CCn3c(=O)n(-c4ccccc4)c(=O)n3[C@@H]2Cn2c(=O)n(-c3ccccc3)c(=O)n21. The van der Waals surface area contributed by atoms with Gasteiger partial charge >= 0.3 is 22.8 Å². The Morgan fingerprint density at radius 1 is 0.732 bits per heavy atom. The van der Waals surface area contributed by atoms with Crippen molar-refractivity contribution in [1.29, 1.82) is 0 Å². The summed E-state index contributed by atoms with van der Waals surface area (Å²) >= 11 is 0. The fourth-order valence-corrected chi connectivity index (χ4v) is 5.96. The first-order valence-corrected chi connectivity index (χ1v) is 13.0. The van der Waals surface area contributed by atoms with Crippen molar-refractivity contribution in [1.82, 2.24) is 27.9 Å². The van der Waals surface area contributed by atoms with Crippen LogP contribution in [0, 0.1) is 0 Å². The highest BCUT2D eigenvalue weighted by molar-refractivity contribution is 5.47. The summed E-state index contributed by atoms with van der Waals surface area (Å²) in [4.78, 5) is 55.1. The second-order valence-electron chi connectivity index (χ2n) is 9.87. The van der Waals surface area contributed by atoms with Gasteiger partial charge in [0.15, 0.2) is 0 Å². The van der Waals surface area contributed by atoms with Crippen LogP contribution in [-0.4, -0.2) is 40.1 Å². The summed E-state index contributed by atoms with van der Waals surface area (Å²) in [5, 5.41) is 10.1. The van der Waals surface area contributed by atoms with E-state index in [0.717, 1.165) is 9.13 Å². The number of ether oxygens (including phenoxy) is 1. The van der Waals surface area contributed by atoms with Crippen LogP contribution in [0.25, 0.3) is 11.4 Å². The molecule has 0 saturated carbocycles. The van der Waals surface area contributed by atoms with E-state index < -0.39 is 34.8 Å². The maximum Gasteiger partial charge on any atom is 0.352 e. The molecule has 3 aromatic carbocycles. The molecule has 0 fully saturated rings. The fraction of sp³-hybridized carbons (Fsp3) is 0.172. The number of methoxy groups -OCH3 is 1. The van der Waals surface area contributed by atoms with Crippen LogP contribution < -0.4 is 27.5 Å². The van der Waals surface area contributed by atoms with E-state index in [1.807, 2.05) is 6.08 Å². The zero-order chi connectivity index (χ0) is 28.4. The van der Waals surface area contributed by atoms with Crippen LogP contribution in [0.3, 0.4) is 0 Å². The van der Waals surface area contributed by atoms with Gasteiger partial charge in [-0.3, -0.25) is 0 Å². The normalized spacial score (nSPS) is 17.3. The highest BCUT2D eigenvalue weighted by Crippen LogP contribution is 2.42. The monoisotopic (exact) mass is 552 g/mol. The molecule has 0 bridgehead atoms. The molecule has 7 rings (SSSR count).